The fraction of sp³-hybridized carbons (Fsp3) is 0.231. The maximum Gasteiger partial charge on any atom is 0.262 e. The van der Waals surface area contributed by atoms with Crippen LogP contribution < -0.4 is 33.1 Å². The molecule has 0 bridgehead atoms. The van der Waals surface area contributed by atoms with Crippen LogP contribution in [0.2, 0.25) is 0 Å². The van der Waals surface area contributed by atoms with Crippen molar-refractivity contribution in [2.45, 2.75) is 4.90 Å². The lowest BCUT2D eigenvalue weighted by Crippen LogP contribution is -2.15. The van der Waals surface area contributed by atoms with Crippen LogP contribution in [0.5, 0.6) is 34.5 Å². The Hall–Kier alpha value is -4.12. The molecule has 0 aliphatic carbocycles. The molecule has 0 amide bonds. The highest BCUT2D eigenvalue weighted by Crippen LogP contribution is 2.41. The third-order valence-electron chi connectivity index (χ3n) is 5.39. The van der Waals surface area contributed by atoms with Gasteiger partial charge in [0, 0.05) is 5.56 Å². The number of nitrogens with one attached hydrogen (secondary N) is 1. The molecular weight excluding hydrogens is 505 g/mol. The predicted molar refractivity (Wildman–Crippen MR) is 138 cm³/mol. The monoisotopic (exact) mass is 533 g/mol. The summed E-state index contributed by atoms with van der Waals surface area (Å²) in [6.45, 7) is 0. The minimum atomic E-state index is -4.23. The van der Waals surface area contributed by atoms with Crippen molar-refractivity contribution < 1.29 is 41.2 Å². The molecule has 0 radical (unpaired) electrons. The normalized spacial score (nSPS) is 11.2. The van der Waals surface area contributed by atoms with Crippen LogP contribution in [0.3, 0.4) is 0 Å². The van der Waals surface area contributed by atoms with E-state index < -0.39 is 15.8 Å². The van der Waals surface area contributed by atoms with Gasteiger partial charge in [-0.05, 0) is 48.0 Å². The summed E-state index contributed by atoms with van der Waals surface area (Å²) in [6, 6.07) is 10.1. The molecule has 0 heterocycles. The molecule has 0 saturated heterocycles. The van der Waals surface area contributed by atoms with Crippen LogP contribution in [0.25, 0.3) is 12.2 Å². The number of rotatable bonds is 11. The van der Waals surface area contributed by atoms with Crippen LogP contribution in [-0.2, 0) is 10.0 Å². The van der Waals surface area contributed by atoms with Crippen LogP contribution in [0.1, 0.15) is 11.1 Å². The molecule has 0 aliphatic rings. The minimum absolute atomic E-state index is 0.0770. The molecule has 9 nitrogen and oxygen atoms in total. The SMILES string of the molecule is COc1ccc(S(=O)(=O)Nc2c(/C=C\c3cc(OC)c(OC)c(OC)c3)ccc(OC)c2OC)cc1F. The standard InChI is InChI=1S/C26H28FNO8S/c1-31-20-12-10-18(15-19(20)27)37(29,30)28-24-17(9-11-21(32-2)26(24)36-6)8-7-16-13-22(33-3)25(35-5)23(14-16)34-4/h7-15,28H,1-6H3/b8-7-. The first-order chi connectivity index (χ1) is 17.7. The van der Waals surface area contributed by atoms with E-state index in [-0.39, 0.29) is 22.1 Å². The molecule has 11 heteroatoms. The third-order valence-corrected chi connectivity index (χ3v) is 6.74. The lowest BCUT2D eigenvalue weighted by Gasteiger charge is -2.17. The van der Waals surface area contributed by atoms with Crippen LogP contribution in [0.4, 0.5) is 10.1 Å². The zero-order chi connectivity index (χ0) is 27.2. The summed E-state index contributed by atoms with van der Waals surface area (Å²) >= 11 is 0. The number of hydrogen-bond donors (Lipinski definition) is 1. The van der Waals surface area contributed by atoms with Crippen molar-refractivity contribution in [1.29, 1.82) is 0 Å². The summed E-state index contributed by atoms with van der Waals surface area (Å²) in [4.78, 5) is -0.296. The Labute approximate surface area is 215 Å². The Morgan fingerprint density at radius 2 is 1.24 bits per heavy atom. The molecule has 0 aromatic heterocycles. The molecule has 0 fully saturated rings. The van der Waals surface area contributed by atoms with Crippen molar-refractivity contribution in [3.63, 3.8) is 0 Å². The zero-order valence-electron chi connectivity index (χ0n) is 21.2. The first-order valence-electron chi connectivity index (χ1n) is 10.8. The average Bonchev–Trinajstić information content (AvgIpc) is 2.90. The van der Waals surface area contributed by atoms with E-state index in [1.54, 1.807) is 36.4 Å². The molecule has 37 heavy (non-hydrogen) atoms. The van der Waals surface area contributed by atoms with Gasteiger partial charge in [-0.1, -0.05) is 12.2 Å². The fourth-order valence-electron chi connectivity index (χ4n) is 3.58. The fourth-order valence-corrected chi connectivity index (χ4v) is 4.68. The molecule has 0 spiro atoms. The molecule has 1 N–H and O–H groups in total. The molecule has 0 aliphatic heterocycles. The largest absolute Gasteiger partial charge is 0.494 e. The number of benzene rings is 3. The maximum absolute atomic E-state index is 14.2. The summed E-state index contributed by atoms with van der Waals surface area (Å²) in [5, 5.41) is 0. The van der Waals surface area contributed by atoms with Gasteiger partial charge in [-0.2, -0.15) is 0 Å². The van der Waals surface area contributed by atoms with Gasteiger partial charge in [0.15, 0.2) is 34.6 Å². The van der Waals surface area contributed by atoms with Crippen molar-refractivity contribution >= 4 is 27.9 Å². The van der Waals surface area contributed by atoms with E-state index in [1.165, 1.54) is 54.8 Å². The quantitative estimate of drug-likeness (QED) is 0.349. The molecule has 198 valence electrons. The lowest BCUT2D eigenvalue weighted by molar-refractivity contribution is 0.324. The molecule has 0 unspecified atom stereocenters. The van der Waals surface area contributed by atoms with Crippen molar-refractivity contribution in [2.24, 2.45) is 0 Å². The highest BCUT2D eigenvalue weighted by atomic mass is 32.2. The van der Waals surface area contributed by atoms with Crippen molar-refractivity contribution in [1.82, 2.24) is 0 Å². The summed E-state index contributed by atoms with van der Waals surface area (Å²) in [5.74, 6) is 0.900. The van der Waals surface area contributed by atoms with Crippen LogP contribution in [-0.4, -0.2) is 51.1 Å². The van der Waals surface area contributed by atoms with E-state index in [0.717, 1.165) is 6.07 Å². The summed E-state index contributed by atoms with van der Waals surface area (Å²) in [5.41, 5.74) is 1.24. The minimum Gasteiger partial charge on any atom is -0.494 e. The molecular formula is C26H28FNO8S. The molecule has 0 saturated carbocycles. The van der Waals surface area contributed by atoms with Crippen LogP contribution in [0.15, 0.2) is 47.4 Å². The molecule has 3 aromatic carbocycles. The second-order valence-corrected chi connectivity index (χ2v) is 9.14. The number of hydrogen-bond acceptors (Lipinski definition) is 8. The zero-order valence-corrected chi connectivity index (χ0v) is 22.1. The Morgan fingerprint density at radius 1 is 0.676 bits per heavy atom. The van der Waals surface area contributed by atoms with Gasteiger partial charge >= 0.3 is 0 Å². The smallest absolute Gasteiger partial charge is 0.262 e. The van der Waals surface area contributed by atoms with Gasteiger partial charge in [-0.15, -0.1) is 0 Å². The van der Waals surface area contributed by atoms with Gasteiger partial charge in [0.05, 0.1) is 47.6 Å². The first-order valence-corrected chi connectivity index (χ1v) is 12.3. The highest BCUT2D eigenvalue weighted by Gasteiger charge is 2.23. The van der Waals surface area contributed by atoms with Crippen molar-refractivity contribution in [3.8, 4) is 34.5 Å². The second-order valence-electron chi connectivity index (χ2n) is 7.46. The number of ether oxygens (including phenoxy) is 6. The van der Waals surface area contributed by atoms with E-state index in [2.05, 4.69) is 4.72 Å². The molecule has 0 atom stereocenters. The Kier molecular flexibility index (Phi) is 8.72. The number of anilines is 1. The number of methoxy groups -OCH3 is 6. The Bertz CT molecular complexity index is 1380. The van der Waals surface area contributed by atoms with Crippen molar-refractivity contribution in [2.75, 3.05) is 47.4 Å². The van der Waals surface area contributed by atoms with E-state index in [9.17, 15) is 12.8 Å². The Morgan fingerprint density at radius 3 is 1.76 bits per heavy atom. The summed E-state index contributed by atoms with van der Waals surface area (Å²) < 4.78 is 75.0. The van der Waals surface area contributed by atoms with Crippen LogP contribution >= 0.6 is 0 Å². The topological polar surface area (TPSA) is 102 Å². The molecule has 3 aromatic rings. The average molecular weight is 534 g/mol. The summed E-state index contributed by atoms with van der Waals surface area (Å²) in [6.07, 6.45) is 3.41. The van der Waals surface area contributed by atoms with Gasteiger partial charge in [0.25, 0.3) is 10.0 Å². The van der Waals surface area contributed by atoms with E-state index >= 15 is 0 Å². The predicted octanol–water partition coefficient (Wildman–Crippen LogP) is 4.85. The number of sulfonamides is 1. The van der Waals surface area contributed by atoms with Gasteiger partial charge in [0.2, 0.25) is 5.75 Å². The van der Waals surface area contributed by atoms with E-state index in [1.807, 2.05) is 0 Å². The molecule has 3 rings (SSSR count). The lowest BCUT2D eigenvalue weighted by atomic mass is 10.1. The second kappa shape index (κ2) is 11.7. The van der Waals surface area contributed by atoms with Gasteiger partial charge in [0.1, 0.15) is 5.69 Å². The van der Waals surface area contributed by atoms with E-state index in [0.29, 0.717) is 34.1 Å². The maximum atomic E-state index is 14.2. The highest BCUT2D eigenvalue weighted by molar-refractivity contribution is 7.92. The van der Waals surface area contributed by atoms with Gasteiger partial charge in [-0.3, -0.25) is 4.72 Å². The van der Waals surface area contributed by atoms with Gasteiger partial charge < -0.3 is 28.4 Å². The summed E-state index contributed by atoms with van der Waals surface area (Å²) in [7, 11) is 4.40. The van der Waals surface area contributed by atoms with E-state index in [4.69, 9.17) is 28.4 Å². The van der Waals surface area contributed by atoms with Crippen molar-refractivity contribution in [3.05, 3.63) is 59.4 Å². The van der Waals surface area contributed by atoms with Gasteiger partial charge in [-0.25, -0.2) is 12.8 Å². The first kappa shape index (κ1) is 27.5. The Balaban J connectivity index is 2.10. The van der Waals surface area contributed by atoms with Crippen LogP contribution in [0, 0.1) is 5.82 Å². The third kappa shape index (κ3) is 5.83. The number of halogens is 1.